The first-order valence-corrected chi connectivity index (χ1v) is 7.98. The fourth-order valence-corrected chi connectivity index (χ4v) is 2.53. The van der Waals surface area contributed by atoms with Gasteiger partial charge in [0.05, 0.1) is 11.0 Å². The molecule has 0 atom stereocenters. The van der Waals surface area contributed by atoms with E-state index in [9.17, 15) is 0 Å². The molecule has 2 aromatic rings. The van der Waals surface area contributed by atoms with E-state index in [-0.39, 0.29) is 0 Å². The molecule has 21 heavy (non-hydrogen) atoms. The van der Waals surface area contributed by atoms with Crippen molar-refractivity contribution < 1.29 is 4.74 Å². The van der Waals surface area contributed by atoms with E-state index < -0.39 is 0 Å². The predicted octanol–water partition coefficient (Wildman–Crippen LogP) is 3.53. The monoisotopic (exact) mass is 351 g/mol. The van der Waals surface area contributed by atoms with Crippen LogP contribution in [-0.2, 0) is 13.1 Å². The van der Waals surface area contributed by atoms with Crippen LogP contribution in [0.4, 0.5) is 0 Å². The number of hydrogen-bond donors (Lipinski definition) is 1. The van der Waals surface area contributed by atoms with Gasteiger partial charge in [-0.3, -0.25) is 0 Å². The molecule has 1 N–H and O–H groups in total. The number of benzene rings is 1. The van der Waals surface area contributed by atoms with Crippen molar-refractivity contribution in [3.8, 4) is 5.75 Å². The van der Waals surface area contributed by atoms with E-state index in [2.05, 4.69) is 56.8 Å². The van der Waals surface area contributed by atoms with E-state index in [1.165, 1.54) is 5.56 Å². The number of halogens is 1. The number of ether oxygens (including phenoxy) is 1. The number of rotatable bonds is 7. The number of aromatic nitrogens is 2. The van der Waals surface area contributed by atoms with Crippen LogP contribution in [-0.4, -0.2) is 22.2 Å². The topological polar surface area (TPSA) is 39.1 Å². The van der Waals surface area contributed by atoms with Crippen molar-refractivity contribution in [2.75, 3.05) is 6.61 Å². The number of nitrogens with one attached hydrogen (secondary N) is 1. The summed E-state index contributed by atoms with van der Waals surface area (Å²) in [5.41, 5.74) is 1.24. The molecule has 0 aliphatic carbocycles. The van der Waals surface area contributed by atoms with E-state index in [1.54, 1.807) is 0 Å². The minimum absolute atomic E-state index is 0.484. The van der Waals surface area contributed by atoms with E-state index >= 15 is 0 Å². The van der Waals surface area contributed by atoms with Crippen LogP contribution in [0.15, 0.2) is 35.1 Å². The maximum Gasteiger partial charge on any atom is 0.133 e. The summed E-state index contributed by atoms with van der Waals surface area (Å²) < 4.78 is 8.90. The first-order chi connectivity index (χ1) is 10.1. The Morgan fingerprint density at radius 2 is 2.19 bits per heavy atom. The van der Waals surface area contributed by atoms with Crippen molar-refractivity contribution in [1.82, 2.24) is 14.9 Å². The van der Waals surface area contributed by atoms with Gasteiger partial charge >= 0.3 is 0 Å². The second kappa shape index (κ2) is 7.61. The second-order valence-electron chi connectivity index (χ2n) is 5.32. The molecular weight excluding hydrogens is 330 g/mol. The summed E-state index contributed by atoms with van der Waals surface area (Å²) in [6.45, 7) is 8.57. The maximum absolute atomic E-state index is 5.83. The number of hydrogen-bond acceptors (Lipinski definition) is 3. The molecular formula is C16H22BrN3O. The van der Waals surface area contributed by atoms with Crippen LogP contribution in [0.3, 0.4) is 0 Å². The minimum Gasteiger partial charge on any atom is -0.491 e. The molecule has 0 unspecified atom stereocenters. The molecule has 0 saturated carbocycles. The van der Waals surface area contributed by atoms with E-state index in [0.29, 0.717) is 12.6 Å². The number of nitrogens with zero attached hydrogens (tertiary/aromatic N) is 2. The van der Waals surface area contributed by atoms with Crippen molar-refractivity contribution in [2.45, 2.75) is 39.9 Å². The minimum atomic E-state index is 0.484. The molecule has 0 radical (unpaired) electrons. The first kappa shape index (κ1) is 16.0. The third kappa shape index (κ3) is 4.86. The van der Waals surface area contributed by atoms with Gasteiger partial charge in [-0.2, -0.15) is 0 Å². The second-order valence-corrected chi connectivity index (χ2v) is 6.17. The Kier molecular flexibility index (Phi) is 5.82. The van der Waals surface area contributed by atoms with E-state index in [0.717, 1.165) is 29.1 Å². The van der Waals surface area contributed by atoms with Crippen LogP contribution in [0.5, 0.6) is 5.75 Å². The molecule has 5 heteroatoms. The standard InChI is InChI=1S/C16H22BrN3O/c1-12(2)19-11-14-4-5-16(15(17)10-14)21-9-8-20-7-6-18-13(20)3/h4-7,10,12,19H,8-9,11H2,1-3H3. The zero-order valence-corrected chi connectivity index (χ0v) is 14.4. The summed E-state index contributed by atoms with van der Waals surface area (Å²) in [5, 5.41) is 3.40. The van der Waals surface area contributed by atoms with E-state index in [1.807, 2.05) is 25.4 Å². The lowest BCUT2D eigenvalue weighted by Gasteiger charge is -2.12. The van der Waals surface area contributed by atoms with Crippen molar-refractivity contribution >= 4 is 15.9 Å². The molecule has 0 spiro atoms. The SMILES string of the molecule is Cc1nccn1CCOc1ccc(CNC(C)C)cc1Br. The molecule has 1 heterocycles. The molecule has 0 saturated heterocycles. The molecule has 114 valence electrons. The van der Waals surface area contributed by atoms with Gasteiger partial charge in [0.1, 0.15) is 18.2 Å². The highest BCUT2D eigenvalue weighted by Gasteiger charge is 2.04. The quantitative estimate of drug-likeness (QED) is 0.829. The van der Waals surface area contributed by atoms with Gasteiger partial charge in [0.2, 0.25) is 0 Å². The zero-order valence-electron chi connectivity index (χ0n) is 12.8. The van der Waals surface area contributed by atoms with Crippen molar-refractivity contribution in [1.29, 1.82) is 0 Å². The lowest BCUT2D eigenvalue weighted by Crippen LogP contribution is -2.21. The fraction of sp³-hybridized carbons (Fsp3) is 0.438. The van der Waals surface area contributed by atoms with Crippen LogP contribution < -0.4 is 10.1 Å². The van der Waals surface area contributed by atoms with Gasteiger partial charge in [-0.1, -0.05) is 19.9 Å². The lowest BCUT2D eigenvalue weighted by molar-refractivity contribution is 0.295. The Morgan fingerprint density at radius 3 is 2.81 bits per heavy atom. The van der Waals surface area contributed by atoms with Gasteiger partial charge in [0.15, 0.2) is 0 Å². The van der Waals surface area contributed by atoms with Crippen molar-refractivity contribution in [2.24, 2.45) is 0 Å². The maximum atomic E-state index is 5.83. The normalized spacial score (nSPS) is 11.1. The Balaban J connectivity index is 1.87. The Morgan fingerprint density at radius 1 is 1.38 bits per heavy atom. The van der Waals surface area contributed by atoms with Crippen LogP contribution in [0.2, 0.25) is 0 Å². The molecule has 0 aliphatic rings. The predicted molar refractivity (Wildman–Crippen MR) is 88.6 cm³/mol. The summed E-state index contributed by atoms with van der Waals surface area (Å²) in [6.07, 6.45) is 3.77. The fourth-order valence-electron chi connectivity index (χ4n) is 1.99. The highest BCUT2D eigenvalue weighted by atomic mass is 79.9. The summed E-state index contributed by atoms with van der Waals surface area (Å²) in [6, 6.07) is 6.70. The summed E-state index contributed by atoms with van der Waals surface area (Å²) in [4.78, 5) is 4.20. The molecule has 1 aromatic heterocycles. The first-order valence-electron chi connectivity index (χ1n) is 7.18. The summed E-state index contributed by atoms with van der Waals surface area (Å²) in [5.74, 6) is 1.88. The van der Waals surface area contributed by atoms with E-state index in [4.69, 9.17) is 4.74 Å². The summed E-state index contributed by atoms with van der Waals surface area (Å²) >= 11 is 3.58. The van der Waals surface area contributed by atoms with Crippen LogP contribution in [0.25, 0.3) is 0 Å². The Bertz CT molecular complexity index is 581. The molecule has 2 rings (SSSR count). The van der Waals surface area contributed by atoms with Gasteiger partial charge < -0.3 is 14.6 Å². The average molecular weight is 352 g/mol. The van der Waals surface area contributed by atoms with Gasteiger partial charge in [0, 0.05) is 25.0 Å². The highest BCUT2D eigenvalue weighted by Crippen LogP contribution is 2.26. The summed E-state index contributed by atoms with van der Waals surface area (Å²) in [7, 11) is 0. The number of imidazole rings is 1. The third-order valence-electron chi connectivity index (χ3n) is 3.22. The highest BCUT2D eigenvalue weighted by molar-refractivity contribution is 9.10. The molecule has 4 nitrogen and oxygen atoms in total. The Hall–Kier alpha value is -1.33. The van der Waals surface area contributed by atoms with Gasteiger partial charge in [-0.05, 0) is 40.5 Å². The van der Waals surface area contributed by atoms with Gasteiger partial charge in [0.25, 0.3) is 0 Å². The molecule has 0 bridgehead atoms. The van der Waals surface area contributed by atoms with Gasteiger partial charge in [-0.15, -0.1) is 0 Å². The van der Waals surface area contributed by atoms with Crippen LogP contribution >= 0.6 is 15.9 Å². The lowest BCUT2D eigenvalue weighted by atomic mass is 10.2. The molecule has 0 aliphatic heterocycles. The van der Waals surface area contributed by atoms with Gasteiger partial charge in [-0.25, -0.2) is 4.98 Å². The zero-order chi connectivity index (χ0) is 15.2. The van der Waals surface area contributed by atoms with Crippen LogP contribution in [0.1, 0.15) is 25.2 Å². The molecule has 1 aromatic carbocycles. The van der Waals surface area contributed by atoms with Crippen molar-refractivity contribution in [3.63, 3.8) is 0 Å². The van der Waals surface area contributed by atoms with Crippen LogP contribution in [0, 0.1) is 6.92 Å². The molecule has 0 amide bonds. The number of aryl methyl sites for hydroxylation is 1. The molecule has 0 fully saturated rings. The average Bonchev–Trinajstić information content (AvgIpc) is 2.84. The van der Waals surface area contributed by atoms with Crippen molar-refractivity contribution in [3.05, 3.63) is 46.5 Å². The largest absolute Gasteiger partial charge is 0.491 e. The smallest absolute Gasteiger partial charge is 0.133 e. The third-order valence-corrected chi connectivity index (χ3v) is 3.84. The Labute approximate surface area is 134 Å².